The summed E-state index contributed by atoms with van der Waals surface area (Å²) in [5.41, 5.74) is 0.778. The van der Waals surface area contributed by atoms with E-state index in [9.17, 15) is 9.18 Å². The molecule has 0 saturated carbocycles. The Hall–Kier alpha value is -1.13. The Labute approximate surface area is 118 Å². The summed E-state index contributed by atoms with van der Waals surface area (Å²) in [5, 5.41) is 6.16. The zero-order valence-electron chi connectivity index (χ0n) is 11.5. The predicted octanol–water partition coefficient (Wildman–Crippen LogP) is 2.73. The van der Waals surface area contributed by atoms with Crippen molar-refractivity contribution in [3.8, 4) is 0 Å². The number of halogens is 2. The minimum absolute atomic E-state index is 0.0491. The predicted molar refractivity (Wildman–Crippen MR) is 75.6 cm³/mol. The zero-order valence-corrected chi connectivity index (χ0v) is 12.2. The lowest BCUT2D eigenvalue weighted by atomic mass is 10.0. The van der Waals surface area contributed by atoms with Gasteiger partial charge in [-0.1, -0.05) is 31.5 Å². The van der Waals surface area contributed by atoms with Crippen LogP contribution < -0.4 is 10.6 Å². The maximum atomic E-state index is 12.9. The van der Waals surface area contributed by atoms with Crippen molar-refractivity contribution in [3.05, 3.63) is 34.6 Å². The van der Waals surface area contributed by atoms with Crippen molar-refractivity contribution in [1.82, 2.24) is 10.6 Å². The highest BCUT2D eigenvalue weighted by molar-refractivity contribution is 6.31. The molecule has 5 heteroatoms. The standard InChI is InChI=1S/C14H20ClFN2O/c1-9(2)6-13(14(19)17-3)18-8-10-4-5-11(16)7-12(10)15/h4-5,7,9,13,18H,6,8H2,1-3H3,(H,17,19). The number of nitrogens with one attached hydrogen (secondary N) is 2. The maximum Gasteiger partial charge on any atom is 0.236 e. The van der Waals surface area contributed by atoms with Gasteiger partial charge in [-0.3, -0.25) is 4.79 Å². The number of likely N-dealkylation sites (N-methyl/N-ethyl adjacent to an activating group) is 1. The average molecular weight is 287 g/mol. The Morgan fingerprint density at radius 1 is 1.42 bits per heavy atom. The quantitative estimate of drug-likeness (QED) is 0.844. The lowest BCUT2D eigenvalue weighted by Gasteiger charge is -2.19. The molecule has 106 valence electrons. The van der Waals surface area contributed by atoms with E-state index in [0.717, 1.165) is 12.0 Å². The molecule has 3 nitrogen and oxygen atoms in total. The van der Waals surface area contributed by atoms with Gasteiger partial charge >= 0.3 is 0 Å². The summed E-state index contributed by atoms with van der Waals surface area (Å²) in [7, 11) is 1.61. The number of amides is 1. The highest BCUT2D eigenvalue weighted by Crippen LogP contribution is 2.17. The van der Waals surface area contributed by atoms with E-state index in [2.05, 4.69) is 24.5 Å². The van der Waals surface area contributed by atoms with Crippen LogP contribution in [0.2, 0.25) is 5.02 Å². The molecule has 2 N–H and O–H groups in total. The minimum Gasteiger partial charge on any atom is -0.358 e. The maximum absolute atomic E-state index is 12.9. The first kappa shape index (κ1) is 15.9. The lowest BCUT2D eigenvalue weighted by Crippen LogP contribution is -2.43. The van der Waals surface area contributed by atoms with Crippen LogP contribution in [0.25, 0.3) is 0 Å². The molecule has 0 heterocycles. The van der Waals surface area contributed by atoms with Crippen molar-refractivity contribution >= 4 is 17.5 Å². The zero-order chi connectivity index (χ0) is 14.4. The Bertz CT molecular complexity index is 437. The van der Waals surface area contributed by atoms with E-state index in [4.69, 9.17) is 11.6 Å². The minimum atomic E-state index is -0.362. The molecule has 1 unspecified atom stereocenters. The Morgan fingerprint density at radius 2 is 2.11 bits per heavy atom. The highest BCUT2D eigenvalue weighted by atomic mass is 35.5. The Balaban J connectivity index is 2.67. The molecular weight excluding hydrogens is 267 g/mol. The molecule has 1 rings (SSSR count). The molecule has 0 aliphatic heterocycles. The van der Waals surface area contributed by atoms with E-state index in [1.165, 1.54) is 12.1 Å². The summed E-state index contributed by atoms with van der Waals surface area (Å²) < 4.78 is 12.9. The van der Waals surface area contributed by atoms with Crippen molar-refractivity contribution in [3.63, 3.8) is 0 Å². The van der Waals surface area contributed by atoms with Gasteiger partial charge in [-0.15, -0.1) is 0 Å². The molecule has 0 fully saturated rings. The van der Waals surface area contributed by atoms with E-state index in [1.807, 2.05) is 0 Å². The van der Waals surface area contributed by atoms with Gasteiger partial charge in [0.2, 0.25) is 5.91 Å². The molecule has 1 aromatic rings. The van der Waals surface area contributed by atoms with Crippen LogP contribution in [0.15, 0.2) is 18.2 Å². The summed E-state index contributed by atoms with van der Waals surface area (Å²) in [5.74, 6) is -0.00999. The van der Waals surface area contributed by atoms with Gasteiger partial charge in [0.25, 0.3) is 0 Å². The second kappa shape index (κ2) is 7.46. The molecule has 0 aromatic heterocycles. The van der Waals surface area contributed by atoms with Crippen LogP contribution in [-0.2, 0) is 11.3 Å². The molecule has 0 aliphatic rings. The second-order valence-electron chi connectivity index (χ2n) is 4.91. The van der Waals surface area contributed by atoms with Crippen molar-refractivity contribution < 1.29 is 9.18 Å². The van der Waals surface area contributed by atoms with Gasteiger partial charge in [0.15, 0.2) is 0 Å². The van der Waals surface area contributed by atoms with Gasteiger partial charge in [-0.2, -0.15) is 0 Å². The van der Waals surface area contributed by atoms with Crippen molar-refractivity contribution in [1.29, 1.82) is 0 Å². The fourth-order valence-corrected chi connectivity index (χ4v) is 2.06. The molecule has 1 amide bonds. The van der Waals surface area contributed by atoms with Crippen LogP contribution in [-0.4, -0.2) is 19.0 Å². The number of rotatable bonds is 6. The third-order valence-electron chi connectivity index (χ3n) is 2.82. The highest BCUT2D eigenvalue weighted by Gasteiger charge is 2.18. The molecule has 0 saturated heterocycles. The fourth-order valence-electron chi connectivity index (χ4n) is 1.83. The van der Waals surface area contributed by atoms with E-state index in [-0.39, 0.29) is 17.8 Å². The van der Waals surface area contributed by atoms with Crippen LogP contribution in [0.4, 0.5) is 4.39 Å². The summed E-state index contributed by atoms with van der Waals surface area (Å²) >= 11 is 5.95. The Morgan fingerprint density at radius 3 is 2.63 bits per heavy atom. The molecular formula is C14H20ClFN2O. The molecule has 1 atom stereocenters. The largest absolute Gasteiger partial charge is 0.358 e. The number of carbonyl (C=O) groups excluding carboxylic acids is 1. The van der Waals surface area contributed by atoms with Crippen LogP contribution in [0.5, 0.6) is 0 Å². The first-order valence-electron chi connectivity index (χ1n) is 6.33. The fraction of sp³-hybridized carbons (Fsp3) is 0.500. The number of hydrogen-bond acceptors (Lipinski definition) is 2. The summed E-state index contributed by atoms with van der Waals surface area (Å²) in [6, 6.07) is 3.99. The Kier molecular flexibility index (Phi) is 6.25. The summed E-state index contributed by atoms with van der Waals surface area (Å²) in [6.45, 7) is 4.55. The molecule has 1 aromatic carbocycles. The van der Waals surface area contributed by atoms with E-state index in [0.29, 0.717) is 17.5 Å². The van der Waals surface area contributed by atoms with Gasteiger partial charge in [-0.05, 0) is 30.0 Å². The van der Waals surface area contributed by atoms with Crippen LogP contribution >= 0.6 is 11.6 Å². The third kappa shape index (κ3) is 5.17. The molecule has 19 heavy (non-hydrogen) atoms. The molecule has 0 bridgehead atoms. The number of benzene rings is 1. The van der Waals surface area contributed by atoms with E-state index >= 15 is 0 Å². The summed E-state index contributed by atoms with van der Waals surface area (Å²) in [4.78, 5) is 11.7. The molecule has 0 spiro atoms. The number of hydrogen-bond donors (Lipinski definition) is 2. The van der Waals surface area contributed by atoms with Gasteiger partial charge < -0.3 is 10.6 Å². The SMILES string of the molecule is CNC(=O)C(CC(C)C)NCc1ccc(F)cc1Cl. The van der Waals surface area contributed by atoms with Crippen molar-refractivity contribution in [2.75, 3.05) is 7.05 Å². The molecule has 0 radical (unpaired) electrons. The van der Waals surface area contributed by atoms with Crippen LogP contribution in [0, 0.1) is 11.7 Å². The second-order valence-corrected chi connectivity index (χ2v) is 5.32. The topological polar surface area (TPSA) is 41.1 Å². The lowest BCUT2D eigenvalue weighted by molar-refractivity contribution is -0.123. The number of carbonyl (C=O) groups is 1. The van der Waals surface area contributed by atoms with Crippen molar-refractivity contribution in [2.45, 2.75) is 32.9 Å². The van der Waals surface area contributed by atoms with Gasteiger partial charge in [-0.25, -0.2) is 4.39 Å². The normalized spacial score (nSPS) is 12.5. The summed E-state index contributed by atoms with van der Waals surface area (Å²) in [6.07, 6.45) is 0.735. The van der Waals surface area contributed by atoms with Gasteiger partial charge in [0.05, 0.1) is 6.04 Å². The first-order chi connectivity index (χ1) is 8.93. The van der Waals surface area contributed by atoms with Crippen LogP contribution in [0.3, 0.4) is 0 Å². The van der Waals surface area contributed by atoms with Crippen LogP contribution in [0.1, 0.15) is 25.8 Å². The van der Waals surface area contributed by atoms with E-state index in [1.54, 1.807) is 13.1 Å². The van der Waals surface area contributed by atoms with E-state index < -0.39 is 0 Å². The first-order valence-corrected chi connectivity index (χ1v) is 6.70. The molecule has 0 aliphatic carbocycles. The average Bonchev–Trinajstić information content (AvgIpc) is 2.34. The third-order valence-corrected chi connectivity index (χ3v) is 3.18. The van der Waals surface area contributed by atoms with Crippen molar-refractivity contribution in [2.24, 2.45) is 5.92 Å². The van der Waals surface area contributed by atoms with Gasteiger partial charge in [0.1, 0.15) is 5.82 Å². The monoisotopic (exact) mass is 286 g/mol. The van der Waals surface area contributed by atoms with Gasteiger partial charge in [0, 0.05) is 18.6 Å². The smallest absolute Gasteiger partial charge is 0.236 e.